The summed E-state index contributed by atoms with van der Waals surface area (Å²) in [6.45, 7) is 0. The number of methoxy groups -OCH3 is 1. The van der Waals surface area contributed by atoms with E-state index in [1.54, 1.807) is 12.1 Å². The van der Waals surface area contributed by atoms with Gasteiger partial charge in [-0.05, 0) is 52.8 Å². The topological polar surface area (TPSA) is 90.5 Å². The third kappa shape index (κ3) is 4.21. The minimum atomic E-state index is -1.26. The van der Waals surface area contributed by atoms with Crippen LogP contribution in [0.1, 0.15) is 20.7 Å². The van der Waals surface area contributed by atoms with Crippen molar-refractivity contribution in [2.45, 2.75) is 0 Å². The van der Waals surface area contributed by atoms with Crippen LogP contribution in [0.2, 0.25) is 0 Å². The first kappa shape index (κ1) is 18.3. The van der Waals surface area contributed by atoms with Gasteiger partial charge < -0.3 is 20.0 Å². The highest BCUT2D eigenvalue weighted by atomic mass is 32.1. The first-order chi connectivity index (χ1) is 13.0. The zero-order valence-electron chi connectivity index (χ0n) is 14.3. The van der Waals surface area contributed by atoms with Gasteiger partial charge in [0.15, 0.2) is 5.11 Å². The number of hydrogen-bond acceptors (Lipinski definition) is 5. The molecule has 0 unspecified atom stereocenters. The van der Waals surface area contributed by atoms with E-state index in [1.807, 2.05) is 24.3 Å². The van der Waals surface area contributed by atoms with Gasteiger partial charge in [-0.2, -0.15) is 0 Å². The predicted molar refractivity (Wildman–Crippen MR) is 105 cm³/mol. The van der Waals surface area contributed by atoms with Crippen molar-refractivity contribution in [3.8, 4) is 5.75 Å². The fraction of sp³-hybridized carbons (Fsp3) is 0.0500. The number of rotatable bonds is 4. The molecule has 0 spiro atoms. The number of benzene rings is 3. The molecule has 3 rings (SSSR count). The molecule has 2 N–H and O–H groups in total. The Morgan fingerprint density at radius 1 is 1.00 bits per heavy atom. The van der Waals surface area contributed by atoms with E-state index in [2.05, 4.69) is 10.6 Å². The second-order valence-corrected chi connectivity index (χ2v) is 6.08. The molecule has 0 aliphatic carbocycles. The van der Waals surface area contributed by atoms with Crippen LogP contribution in [0, 0.1) is 0 Å². The largest absolute Gasteiger partial charge is 0.545 e. The van der Waals surface area contributed by atoms with Gasteiger partial charge in [0.05, 0.1) is 18.6 Å². The highest BCUT2D eigenvalue weighted by molar-refractivity contribution is 7.80. The average molecular weight is 379 g/mol. The third-order valence-corrected chi connectivity index (χ3v) is 4.12. The molecule has 1 amide bonds. The molecule has 0 bridgehead atoms. The van der Waals surface area contributed by atoms with Gasteiger partial charge in [0.2, 0.25) is 0 Å². The van der Waals surface area contributed by atoms with Crippen LogP contribution >= 0.6 is 12.2 Å². The summed E-state index contributed by atoms with van der Waals surface area (Å²) in [4.78, 5) is 23.4. The number of carbonyl (C=O) groups excluding carboxylic acids is 2. The molecular weight excluding hydrogens is 364 g/mol. The number of carbonyl (C=O) groups is 2. The van der Waals surface area contributed by atoms with Crippen molar-refractivity contribution in [3.05, 3.63) is 71.8 Å². The van der Waals surface area contributed by atoms with E-state index in [0.717, 1.165) is 10.8 Å². The Morgan fingerprint density at radius 2 is 1.63 bits per heavy atom. The lowest BCUT2D eigenvalue weighted by atomic mass is 10.1. The maximum Gasteiger partial charge on any atom is 0.261 e. The van der Waals surface area contributed by atoms with Crippen LogP contribution in [0.4, 0.5) is 5.69 Å². The van der Waals surface area contributed by atoms with Gasteiger partial charge in [-0.1, -0.05) is 36.4 Å². The number of hydrogen-bond donors (Lipinski definition) is 2. The molecule has 0 saturated carbocycles. The molecule has 0 aromatic heterocycles. The first-order valence-electron chi connectivity index (χ1n) is 7.98. The van der Waals surface area contributed by atoms with Crippen LogP contribution in [0.3, 0.4) is 0 Å². The van der Waals surface area contributed by atoms with E-state index in [0.29, 0.717) is 17.0 Å². The van der Waals surface area contributed by atoms with Gasteiger partial charge in [0, 0.05) is 5.69 Å². The summed E-state index contributed by atoms with van der Waals surface area (Å²) in [6, 6.07) is 17.0. The van der Waals surface area contributed by atoms with Gasteiger partial charge in [0.25, 0.3) is 5.91 Å². The zero-order chi connectivity index (χ0) is 19.4. The standard InChI is InChI=1S/C20H16N2O4S/c1-26-17-11-14-5-3-2-4-13(14)10-16(17)18(23)22-20(27)21-15-8-6-12(7-9-15)19(24)25/h2-11H,1H3,(H,24,25)(H2,21,22,23,27)/p-1. The molecule has 0 aliphatic rings. The molecule has 0 radical (unpaired) electrons. The monoisotopic (exact) mass is 379 g/mol. The summed E-state index contributed by atoms with van der Waals surface area (Å²) in [5.41, 5.74) is 0.944. The highest BCUT2D eigenvalue weighted by Crippen LogP contribution is 2.25. The van der Waals surface area contributed by atoms with Crippen molar-refractivity contribution in [2.24, 2.45) is 0 Å². The molecular formula is C20H15N2O4S-. The second-order valence-electron chi connectivity index (χ2n) is 5.67. The number of anilines is 1. The third-order valence-electron chi connectivity index (χ3n) is 3.92. The fourth-order valence-corrected chi connectivity index (χ4v) is 2.80. The van der Waals surface area contributed by atoms with Gasteiger partial charge in [-0.3, -0.25) is 10.1 Å². The smallest absolute Gasteiger partial charge is 0.261 e. The Morgan fingerprint density at radius 3 is 2.22 bits per heavy atom. The second kappa shape index (κ2) is 7.84. The van der Waals surface area contributed by atoms with Crippen LogP contribution in [-0.2, 0) is 0 Å². The van der Waals surface area contributed by atoms with E-state index < -0.39 is 11.9 Å². The molecule has 0 heterocycles. The minimum Gasteiger partial charge on any atom is -0.545 e. The number of aromatic carboxylic acids is 1. The number of fused-ring (bicyclic) bond motifs is 1. The van der Waals surface area contributed by atoms with Crippen LogP contribution in [0.25, 0.3) is 10.8 Å². The molecule has 136 valence electrons. The van der Waals surface area contributed by atoms with Crippen LogP contribution in [-0.4, -0.2) is 24.1 Å². The van der Waals surface area contributed by atoms with Crippen molar-refractivity contribution in [2.75, 3.05) is 12.4 Å². The number of ether oxygens (including phenoxy) is 1. The van der Waals surface area contributed by atoms with E-state index in [1.165, 1.54) is 31.4 Å². The molecule has 0 saturated heterocycles. The highest BCUT2D eigenvalue weighted by Gasteiger charge is 2.15. The van der Waals surface area contributed by atoms with Gasteiger partial charge in [-0.25, -0.2) is 0 Å². The maximum absolute atomic E-state index is 12.6. The van der Waals surface area contributed by atoms with E-state index >= 15 is 0 Å². The number of carboxylic acids is 1. The van der Waals surface area contributed by atoms with E-state index in [-0.39, 0.29) is 10.7 Å². The Balaban J connectivity index is 1.75. The minimum absolute atomic E-state index is 0.0522. The van der Waals surface area contributed by atoms with E-state index in [4.69, 9.17) is 17.0 Å². The zero-order valence-corrected chi connectivity index (χ0v) is 15.1. The number of carboxylic acid groups (broad SMARTS) is 1. The van der Waals surface area contributed by atoms with Crippen molar-refractivity contribution in [3.63, 3.8) is 0 Å². The summed E-state index contributed by atoms with van der Waals surface area (Å²) in [5, 5.41) is 18.1. The summed E-state index contributed by atoms with van der Waals surface area (Å²) >= 11 is 5.16. The Kier molecular flexibility index (Phi) is 5.33. The van der Waals surface area contributed by atoms with Crippen LogP contribution in [0.5, 0.6) is 5.75 Å². The number of nitrogens with one attached hydrogen (secondary N) is 2. The lowest BCUT2D eigenvalue weighted by Gasteiger charge is -2.13. The van der Waals surface area contributed by atoms with Crippen molar-refractivity contribution < 1.29 is 19.4 Å². The average Bonchev–Trinajstić information content (AvgIpc) is 2.67. The van der Waals surface area contributed by atoms with Crippen molar-refractivity contribution in [1.82, 2.24) is 5.32 Å². The number of amides is 1. The number of thiocarbonyl (C=S) groups is 1. The van der Waals surface area contributed by atoms with Gasteiger partial charge in [0.1, 0.15) is 5.75 Å². The molecule has 3 aromatic rings. The lowest BCUT2D eigenvalue weighted by molar-refractivity contribution is -0.255. The van der Waals surface area contributed by atoms with Crippen molar-refractivity contribution >= 4 is 45.7 Å². The predicted octanol–water partition coefficient (Wildman–Crippen LogP) is 2.34. The maximum atomic E-state index is 12.6. The van der Waals surface area contributed by atoms with Gasteiger partial charge >= 0.3 is 0 Å². The molecule has 27 heavy (non-hydrogen) atoms. The summed E-state index contributed by atoms with van der Waals surface area (Å²) in [7, 11) is 1.50. The Bertz CT molecular complexity index is 1030. The SMILES string of the molecule is COc1cc2ccccc2cc1C(=O)NC(=S)Nc1ccc(C(=O)[O-])cc1. The molecule has 0 fully saturated rings. The van der Waals surface area contributed by atoms with Crippen LogP contribution in [0.15, 0.2) is 60.7 Å². The normalized spacial score (nSPS) is 10.3. The Hall–Kier alpha value is -3.45. The summed E-state index contributed by atoms with van der Waals surface area (Å²) < 4.78 is 5.32. The van der Waals surface area contributed by atoms with Crippen LogP contribution < -0.4 is 20.5 Å². The van der Waals surface area contributed by atoms with E-state index in [9.17, 15) is 14.7 Å². The first-order valence-corrected chi connectivity index (χ1v) is 8.39. The molecule has 0 aliphatic heterocycles. The van der Waals surface area contributed by atoms with Crippen molar-refractivity contribution in [1.29, 1.82) is 0 Å². The summed E-state index contributed by atoms with van der Waals surface area (Å²) in [5.74, 6) is -1.24. The molecule has 3 aromatic carbocycles. The fourth-order valence-electron chi connectivity index (χ4n) is 2.59. The lowest BCUT2D eigenvalue weighted by Crippen LogP contribution is -2.34. The Labute approximate surface area is 160 Å². The van der Waals surface area contributed by atoms with Gasteiger partial charge in [-0.15, -0.1) is 0 Å². The molecule has 0 atom stereocenters. The molecule has 6 nitrogen and oxygen atoms in total. The summed E-state index contributed by atoms with van der Waals surface area (Å²) in [6.07, 6.45) is 0. The quantitative estimate of drug-likeness (QED) is 0.676. The molecule has 7 heteroatoms.